The molecule has 0 aliphatic carbocycles. The van der Waals surface area contributed by atoms with E-state index >= 15 is 0 Å². The standard InChI is InChI=1S/C5H10O6.C2H7NO3S/c6-2-1-11-5(9,10)4(8)3(2)7;3-1-2-7(4,5)6/h2-4,6-10H,1H2;1-3H2,(H,4,5,6)/t2-,3+,4-;/m1./s1. The SMILES string of the molecule is NCCS(=O)(=O)O.O[C@H]1[C@H](O)COC(O)(O)[C@@H]1O. The van der Waals surface area contributed by atoms with Crippen LogP contribution >= 0.6 is 0 Å². The van der Waals surface area contributed by atoms with Gasteiger partial charge in [-0.1, -0.05) is 0 Å². The van der Waals surface area contributed by atoms with Gasteiger partial charge in [0, 0.05) is 6.54 Å². The van der Waals surface area contributed by atoms with Crippen molar-refractivity contribution in [1.29, 1.82) is 0 Å². The molecule has 1 rings (SSSR count). The highest BCUT2D eigenvalue weighted by Gasteiger charge is 2.47. The molecular weight excluding hydrogens is 274 g/mol. The first-order chi connectivity index (χ1) is 8.01. The molecule has 8 N–H and O–H groups in total. The second kappa shape index (κ2) is 6.70. The smallest absolute Gasteiger partial charge is 0.308 e. The van der Waals surface area contributed by atoms with Crippen molar-refractivity contribution in [2.45, 2.75) is 24.3 Å². The van der Waals surface area contributed by atoms with Gasteiger partial charge in [0.2, 0.25) is 0 Å². The van der Waals surface area contributed by atoms with Crippen molar-refractivity contribution in [2.24, 2.45) is 5.73 Å². The van der Waals surface area contributed by atoms with Crippen LogP contribution in [0.4, 0.5) is 0 Å². The van der Waals surface area contributed by atoms with Crippen LogP contribution in [0.2, 0.25) is 0 Å². The molecule has 0 spiro atoms. The molecule has 1 aliphatic rings. The number of hydrogen-bond acceptors (Lipinski definition) is 9. The Kier molecular flexibility index (Phi) is 6.56. The molecule has 0 aromatic rings. The summed E-state index contributed by atoms with van der Waals surface area (Å²) < 4.78 is 31.5. The van der Waals surface area contributed by atoms with E-state index in [0.717, 1.165) is 0 Å². The fourth-order valence-electron chi connectivity index (χ4n) is 0.974. The van der Waals surface area contributed by atoms with E-state index in [1.165, 1.54) is 0 Å². The summed E-state index contributed by atoms with van der Waals surface area (Å²) in [6.07, 6.45) is -4.80. The molecule has 3 atom stereocenters. The highest BCUT2D eigenvalue weighted by molar-refractivity contribution is 7.85. The minimum atomic E-state index is -3.80. The molecule has 0 aromatic carbocycles. The molecule has 1 fully saturated rings. The van der Waals surface area contributed by atoms with Gasteiger partial charge < -0.3 is 36.0 Å². The lowest BCUT2D eigenvalue weighted by molar-refractivity contribution is -0.415. The third-order valence-electron chi connectivity index (χ3n) is 1.95. The lowest BCUT2D eigenvalue weighted by atomic mass is 10.0. The Morgan fingerprint density at radius 2 is 1.78 bits per heavy atom. The zero-order valence-corrected chi connectivity index (χ0v) is 10.1. The van der Waals surface area contributed by atoms with Crippen LogP contribution in [-0.4, -0.2) is 81.7 Å². The van der Waals surface area contributed by atoms with Crippen LogP contribution in [0.3, 0.4) is 0 Å². The average Bonchev–Trinajstić information content (AvgIpc) is 2.21. The predicted molar refractivity (Wildman–Crippen MR) is 56.6 cm³/mol. The summed E-state index contributed by atoms with van der Waals surface area (Å²) >= 11 is 0. The molecule has 10 nitrogen and oxygen atoms in total. The van der Waals surface area contributed by atoms with Crippen molar-refractivity contribution >= 4 is 10.1 Å². The maximum Gasteiger partial charge on any atom is 0.308 e. The van der Waals surface area contributed by atoms with Crippen molar-refractivity contribution < 1.29 is 43.2 Å². The first-order valence-corrected chi connectivity index (χ1v) is 6.40. The summed E-state index contributed by atoms with van der Waals surface area (Å²) in [6.45, 7) is -0.454. The molecule has 1 saturated heterocycles. The molecule has 18 heavy (non-hydrogen) atoms. The second-order valence-electron chi connectivity index (χ2n) is 3.55. The Bertz CT molecular complexity index is 343. The fourth-order valence-corrected chi connectivity index (χ4v) is 1.27. The van der Waals surface area contributed by atoms with E-state index in [2.05, 4.69) is 4.74 Å². The molecule has 110 valence electrons. The molecule has 1 aliphatic heterocycles. The maximum absolute atomic E-state index is 9.71. The minimum absolute atomic E-state index is 0.0289. The van der Waals surface area contributed by atoms with Gasteiger partial charge in [-0.05, 0) is 0 Å². The highest BCUT2D eigenvalue weighted by atomic mass is 32.2. The van der Waals surface area contributed by atoms with Crippen LogP contribution in [0.15, 0.2) is 0 Å². The molecule has 11 heteroatoms. The van der Waals surface area contributed by atoms with Crippen molar-refractivity contribution in [3.05, 3.63) is 0 Å². The van der Waals surface area contributed by atoms with Gasteiger partial charge >= 0.3 is 5.97 Å². The van der Waals surface area contributed by atoms with Crippen molar-refractivity contribution in [1.82, 2.24) is 0 Å². The van der Waals surface area contributed by atoms with Gasteiger partial charge in [-0.15, -0.1) is 0 Å². The monoisotopic (exact) mass is 291 g/mol. The number of rotatable bonds is 2. The largest absolute Gasteiger partial charge is 0.388 e. The van der Waals surface area contributed by atoms with Gasteiger partial charge in [0.15, 0.2) is 6.10 Å². The number of hydrogen-bond donors (Lipinski definition) is 7. The Labute approximate surface area is 103 Å². The fraction of sp³-hybridized carbons (Fsp3) is 1.00. The van der Waals surface area contributed by atoms with Gasteiger partial charge in [-0.2, -0.15) is 8.42 Å². The van der Waals surface area contributed by atoms with Crippen LogP contribution < -0.4 is 5.73 Å². The van der Waals surface area contributed by atoms with E-state index in [-0.39, 0.29) is 12.3 Å². The molecule has 0 amide bonds. The maximum atomic E-state index is 9.71. The lowest BCUT2D eigenvalue weighted by Crippen LogP contribution is -2.60. The van der Waals surface area contributed by atoms with Gasteiger partial charge in [0.05, 0.1) is 12.4 Å². The third kappa shape index (κ3) is 5.99. The molecule has 0 bridgehead atoms. The van der Waals surface area contributed by atoms with Crippen LogP contribution in [0.25, 0.3) is 0 Å². The summed E-state index contributed by atoms with van der Waals surface area (Å²) in [4.78, 5) is 0. The van der Waals surface area contributed by atoms with Crippen LogP contribution in [-0.2, 0) is 14.9 Å². The normalized spacial score (nSPS) is 31.4. The molecule has 0 saturated carbocycles. The van der Waals surface area contributed by atoms with Crippen LogP contribution in [0.1, 0.15) is 0 Å². The van der Waals surface area contributed by atoms with E-state index in [1.54, 1.807) is 0 Å². The summed E-state index contributed by atoms with van der Waals surface area (Å²) in [5, 5.41) is 44.0. The zero-order valence-electron chi connectivity index (χ0n) is 9.25. The number of aliphatic hydroxyl groups excluding tert-OH is 3. The van der Waals surface area contributed by atoms with Crippen molar-refractivity contribution in [3.8, 4) is 0 Å². The quantitative estimate of drug-likeness (QED) is 0.193. The second-order valence-corrected chi connectivity index (χ2v) is 5.12. The van der Waals surface area contributed by atoms with E-state index in [4.69, 9.17) is 35.8 Å². The third-order valence-corrected chi connectivity index (χ3v) is 2.70. The Morgan fingerprint density at radius 3 is 2.06 bits per heavy atom. The average molecular weight is 291 g/mol. The predicted octanol–water partition coefficient (Wildman–Crippen LogP) is -4.43. The number of aliphatic hydroxyl groups is 5. The topological polar surface area (TPSA) is 191 Å². The number of ether oxygens (including phenoxy) is 1. The molecular formula is C7H17NO9S. The Morgan fingerprint density at radius 1 is 1.28 bits per heavy atom. The Hall–Kier alpha value is -0.370. The summed E-state index contributed by atoms with van der Waals surface area (Å²) in [5.41, 5.74) is 4.78. The molecule has 0 unspecified atom stereocenters. The van der Waals surface area contributed by atoms with Crippen LogP contribution in [0.5, 0.6) is 0 Å². The minimum Gasteiger partial charge on any atom is -0.388 e. The van der Waals surface area contributed by atoms with Gasteiger partial charge in [0.1, 0.15) is 12.2 Å². The first kappa shape index (κ1) is 17.6. The highest BCUT2D eigenvalue weighted by Crippen LogP contribution is 2.20. The van der Waals surface area contributed by atoms with Gasteiger partial charge in [-0.3, -0.25) is 4.55 Å². The van der Waals surface area contributed by atoms with Crippen LogP contribution in [0, 0.1) is 0 Å². The summed E-state index contributed by atoms with van der Waals surface area (Å²) in [7, 11) is -3.80. The first-order valence-electron chi connectivity index (χ1n) is 4.79. The van der Waals surface area contributed by atoms with Gasteiger partial charge in [-0.25, -0.2) is 0 Å². The molecule has 1 heterocycles. The summed E-state index contributed by atoms with van der Waals surface area (Å²) in [6, 6.07) is 0. The zero-order chi connectivity index (χ0) is 14.6. The summed E-state index contributed by atoms with van der Waals surface area (Å²) in [5.74, 6) is -3.12. The number of nitrogens with two attached hydrogens (primary N) is 1. The van der Waals surface area contributed by atoms with E-state index < -0.39 is 41.0 Å². The van der Waals surface area contributed by atoms with E-state index in [1.807, 2.05) is 0 Å². The molecule has 0 radical (unpaired) electrons. The Balaban J connectivity index is 0.000000360. The van der Waals surface area contributed by atoms with Crippen molar-refractivity contribution in [2.75, 3.05) is 18.9 Å². The van der Waals surface area contributed by atoms with Gasteiger partial charge in [0.25, 0.3) is 10.1 Å². The van der Waals surface area contributed by atoms with E-state index in [9.17, 15) is 8.42 Å². The lowest BCUT2D eigenvalue weighted by Gasteiger charge is -2.37. The molecule has 0 aromatic heterocycles. The van der Waals surface area contributed by atoms with E-state index in [0.29, 0.717) is 0 Å². The van der Waals surface area contributed by atoms with Crippen molar-refractivity contribution in [3.63, 3.8) is 0 Å².